The number of allylic oxidation sites excluding steroid dienone is 1. The van der Waals surface area contributed by atoms with E-state index in [4.69, 9.17) is 0 Å². The van der Waals surface area contributed by atoms with Gasteiger partial charge in [0.1, 0.15) is 0 Å². The lowest BCUT2D eigenvalue weighted by Crippen LogP contribution is -2.00. The summed E-state index contributed by atoms with van der Waals surface area (Å²) in [5.74, 6) is 0. The molecule has 1 aromatic rings. The van der Waals surface area contributed by atoms with Gasteiger partial charge in [0.25, 0.3) is 0 Å². The normalized spacial score (nSPS) is 12.4. The molecule has 0 aliphatic rings. The summed E-state index contributed by atoms with van der Waals surface area (Å²) in [4.78, 5) is 0. The fraction of sp³-hybridized carbons (Fsp3) is 0.333. The van der Waals surface area contributed by atoms with Crippen LogP contribution in [0.2, 0.25) is 0 Å². The number of alkyl halides is 3. The molecule has 0 saturated heterocycles. The van der Waals surface area contributed by atoms with Crippen molar-refractivity contribution in [2.75, 3.05) is 0 Å². The second kappa shape index (κ2) is 4.09. The van der Waals surface area contributed by atoms with Gasteiger partial charge in [-0.1, -0.05) is 17.7 Å². The molecule has 0 radical (unpaired) electrons. The van der Waals surface area contributed by atoms with Crippen LogP contribution in [-0.4, -0.2) is 6.18 Å². The Balaban J connectivity index is 3.11. The quantitative estimate of drug-likeness (QED) is 0.657. The third-order valence-corrected chi connectivity index (χ3v) is 2.18. The molecule has 1 rings (SSSR count). The van der Waals surface area contributed by atoms with Gasteiger partial charge in [0.05, 0.1) is 0 Å². The first-order valence-corrected chi connectivity index (χ1v) is 4.63. The topological polar surface area (TPSA) is 0 Å². The molecule has 0 unspecified atom stereocenters. The molecule has 0 spiro atoms. The molecule has 0 N–H and O–H groups in total. The van der Waals surface area contributed by atoms with Crippen molar-refractivity contribution < 1.29 is 13.2 Å². The maximum absolute atomic E-state index is 12.0. The van der Waals surface area contributed by atoms with E-state index in [0.717, 1.165) is 22.8 Å². The summed E-state index contributed by atoms with van der Waals surface area (Å²) in [6.07, 6.45) is -2.84. The Morgan fingerprint density at radius 2 is 1.47 bits per heavy atom. The Hall–Kier alpha value is -1.25. The van der Waals surface area contributed by atoms with Gasteiger partial charge < -0.3 is 0 Å². The fourth-order valence-electron chi connectivity index (χ4n) is 1.63. The summed E-state index contributed by atoms with van der Waals surface area (Å²) in [5.41, 5.74) is 3.45. The Kier molecular flexibility index (Phi) is 3.22. The maximum atomic E-state index is 12.0. The highest BCUT2D eigenvalue weighted by molar-refractivity contribution is 5.58. The third-order valence-electron chi connectivity index (χ3n) is 2.18. The van der Waals surface area contributed by atoms with Crippen molar-refractivity contribution in [2.24, 2.45) is 0 Å². The number of benzene rings is 1. The van der Waals surface area contributed by atoms with E-state index in [1.54, 1.807) is 0 Å². The zero-order chi connectivity index (χ0) is 11.6. The van der Waals surface area contributed by atoms with Gasteiger partial charge in [0.2, 0.25) is 0 Å². The minimum absolute atomic E-state index is 0.275. The van der Waals surface area contributed by atoms with E-state index in [-0.39, 0.29) is 6.08 Å². The average Bonchev–Trinajstić information content (AvgIpc) is 1.99. The monoisotopic (exact) mass is 214 g/mol. The van der Waals surface area contributed by atoms with Crippen LogP contribution in [0.3, 0.4) is 0 Å². The lowest BCUT2D eigenvalue weighted by atomic mass is 9.99. The first-order valence-electron chi connectivity index (χ1n) is 4.63. The summed E-state index contributed by atoms with van der Waals surface area (Å²) in [5, 5.41) is 0. The van der Waals surface area contributed by atoms with Gasteiger partial charge in [-0.15, -0.1) is 0 Å². The molecule has 0 amide bonds. The molecule has 15 heavy (non-hydrogen) atoms. The summed E-state index contributed by atoms with van der Waals surface area (Å²) in [6, 6.07) is 3.76. The highest BCUT2D eigenvalue weighted by atomic mass is 19.4. The summed E-state index contributed by atoms with van der Waals surface area (Å²) in [6.45, 7) is 5.56. The molecular formula is C12H13F3. The van der Waals surface area contributed by atoms with Crippen LogP contribution in [0.5, 0.6) is 0 Å². The van der Waals surface area contributed by atoms with E-state index >= 15 is 0 Å². The highest BCUT2D eigenvalue weighted by Gasteiger charge is 2.22. The molecule has 0 aliphatic carbocycles. The van der Waals surface area contributed by atoms with Crippen LogP contribution in [0.15, 0.2) is 18.2 Å². The second-order valence-electron chi connectivity index (χ2n) is 3.69. The van der Waals surface area contributed by atoms with Gasteiger partial charge in [0, 0.05) is 6.08 Å². The first kappa shape index (κ1) is 11.8. The lowest BCUT2D eigenvalue weighted by Gasteiger charge is -2.07. The van der Waals surface area contributed by atoms with Gasteiger partial charge in [-0.05, 0) is 43.5 Å². The molecule has 0 aromatic heterocycles. The molecule has 1 aromatic carbocycles. The first-order chi connectivity index (χ1) is 6.79. The third kappa shape index (κ3) is 3.42. The molecule has 0 saturated carbocycles. The number of halogens is 3. The zero-order valence-corrected chi connectivity index (χ0v) is 8.94. The summed E-state index contributed by atoms with van der Waals surface area (Å²) >= 11 is 0. The van der Waals surface area contributed by atoms with Gasteiger partial charge in [-0.2, -0.15) is 13.2 Å². The van der Waals surface area contributed by atoms with E-state index in [2.05, 4.69) is 0 Å². The second-order valence-corrected chi connectivity index (χ2v) is 3.69. The van der Waals surface area contributed by atoms with Crippen molar-refractivity contribution in [1.82, 2.24) is 0 Å². The van der Waals surface area contributed by atoms with Crippen LogP contribution in [0.4, 0.5) is 13.2 Å². The van der Waals surface area contributed by atoms with Gasteiger partial charge in [0.15, 0.2) is 0 Å². The van der Waals surface area contributed by atoms with Crippen LogP contribution < -0.4 is 0 Å². The minimum atomic E-state index is -4.25. The average molecular weight is 214 g/mol. The van der Waals surface area contributed by atoms with Crippen LogP contribution in [0.1, 0.15) is 22.3 Å². The van der Waals surface area contributed by atoms with E-state index in [9.17, 15) is 13.2 Å². The highest BCUT2D eigenvalue weighted by Crippen LogP contribution is 2.22. The minimum Gasteiger partial charge on any atom is -0.167 e. The van der Waals surface area contributed by atoms with Gasteiger partial charge >= 0.3 is 6.18 Å². The molecule has 0 aliphatic heterocycles. The predicted molar refractivity (Wildman–Crippen MR) is 55.7 cm³/mol. The molecule has 0 nitrogen and oxygen atoms in total. The molecule has 0 fully saturated rings. The fourth-order valence-corrected chi connectivity index (χ4v) is 1.63. The van der Waals surface area contributed by atoms with Crippen LogP contribution in [0, 0.1) is 20.8 Å². The van der Waals surface area contributed by atoms with Crippen molar-refractivity contribution in [2.45, 2.75) is 26.9 Å². The molecule has 0 heterocycles. The van der Waals surface area contributed by atoms with Crippen molar-refractivity contribution in [3.8, 4) is 0 Å². The Labute approximate surface area is 87.4 Å². The van der Waals surface area contributed by atoms with Crippen LogP contribution >= 0.6 is 0 Å². The number of hydrogen-bond donors (Lipinski definition) is 0. The van der Waals surface area contributed by atoms with Crippen molar-refractivity contribution in [3.05, 3.63) is 40.5 Å². The van der Waals surface area contributed by atoms with E-state index in [1.807, 2.05) is 32.9 Å². The molecular weight excluding hydrogens is 201 g/mol. The van der Waals surface area contributed by atoms with Crippen molar-refractivity contribution in [1.29, 1.82) is 0 Å². The largest absolute Gasteiger partial charge is 0.409 e. The maximum Gasteiger partial charge on any atom is 0.409 e. The predicted octanol–water partition coefficient (Wildman–Crippen LogP) is 4.19. The smallest absolute Gasteiger partial charge is 0.167 e. The number of rotatable bonds is 1. The molecule has 82 valence electrons. The SMILES string of the molecule is Cc1cc(C)c(/C=C/C(F)(F)F)c(C)c1. The number of hydrogen-bond acceptors (Lipinski definition) is 0. The van der Waals surface area contributed by atoms with E-state index in [1.165, 1.54) is 0 Å². The van der Waals surface area contributed by atoms with E-state index < -0.39 is 6.18 Å². The van der Waals surface area contributed by atoms with Gasteiger partial charge in [-0.25, -0.2) is 0 Å². The number of aryl methyl sites for hydroxylation is 3. The summed E-state index contributed by atoms with van der Waals surface area (Å²) in [7, 11) is 0. The zero-order valence-electron chi connectivity index (χ0n) is 8.94. The summed E-state index contributed by atoms with van der Waals surface area (Å²) < 4.78 is 36.0. The van der Waals surface area contributed by atoms with Crippen LogP contribution in [0.25, 0.3) is 6.08 Å². The Morgan fingerprint density at radius 3 is 1.87 bits per heavy atom. The van der Waals surface area contributed by atoms with Crippen molar-refractivity contribution in [3.63, 3.8) is 0 Å². The molecule has 0 atom stereocenters. The van der Waals surface area contributed by atoms with Crippen molar-refractivity contribution >= 4 is 6.08 Å². The van der Waals surface area contributed by atoms with Crippen LogP contribution in [-0.2, 0) is 0 Å². The Bertz CT molecular complexity index is 363. The Morgan fingerprint density at radius 1 is 1.00 bits per heavy atom. The van der Waals surface area contributed by atoms with E-state index in [0.29, 0.717) is 5.56 Å². The molecule has 0 bridgehead atoms. The lowest BCUT2D eigenvalue weighted by molar-refractivity contribution is -0.0790. The standard InChI is InChI=1S/C12H13F3/c1-8-6-9(2)11(10(3)7-8)4-5-12(13,14)15/h4-7H,1-3H3/b5-4+. The molecule has 3 heteroatoms. The van der Waals surface area contributed by atoms with Gasteiger partial charge in [-0.3, -0.25) is 0 Å².